The van der Waals surface area contributed by atoms with Crippen LogP contribution in [0.1, 0.15) is 12.8 Å². The lowest BCUT2D eigenvalue weighted by Gasteiger charge is -2.31. The second-order valence-corrected chi connectivity index (χ2v) is 7.11. The first-order valence-electron chi connectivity index (χ1n) is 7.82. The van der Waals surface area contributed by atoms with Gasteiger partial charge in [0, 0.05) is 23.7 Å². The van der Waals surface area contributed by atoms with Crippen molar-refractivity contribution in [3.63, 3.8) is 0 Å². The van der Waals surface area contributed by atoms with Crippen molar-refractivity contribution in [2.24, 2.45) is 11.7 Å². The molecule has 1 fully saturated rings. The molecule has 9 heteroatoms. The molecule has 1 atom stereocenters. The van der Waals surface area contributed by atoms with Gasteiger partial charge in [-0.15, -0.1) is 10.2 Å². The van der Waals surface area contributed by atoms with Crippen LogP contribution in [0.4, 0.5) is 0 Å². The molecule has 2 amide bonds. The summed E-state index contributed by atoms with van der Waals surface area (Å²) >= 11 is 7.03. The van der Waals surface area contributed by atoms with E-state index in [9.17, 15) is 9.59 Å². The molecular formula is C16H17ClN4O3S. The van der Waals surface area contributed by atoms with Gasteiger partial charge in [0.2, 0.25) is 17.7 Å². The van der Waals surface area contributed by atoms with Gasteiger partial charge >= 0.3 is 0 Å². The van der Waals surface area contributed by atoms with Crippen molar-refractivity contribution in [2.45, 2.75) is 18.1 Å². The number of nitrogens with two attached hydrogens (primary N) is 1. The minimum Gasteiger partial charge on any atom is -0.411 e. The molecular weight excluding hydrogens is 364 g/mol. The lowest BCUT2D eigenvalue weighted by molar-refractivity contribution is -0.132. The number of carbonyl (C=O) groups is 2. The number of amides is 2. The summed E-state index contributed by atoms with van der Waals surface area (Å²) in [5, 5.41) is 8.86. The Labute approximate surface area is 153 Å². The number of nitrogens with zero attached hydrogens (tertiary/aromatic N) is 3. The second kappa shape index (κ2) is 7.88. The summed E-state index contributed by atoms with van der Waals surface area (Å²) in [6, 6.07) is 7.05. The van der Waals surface area contributed by atoms with Crippen molar-refractivity contribution >= 4 is 35.2 Å². The monoisotopic (exact) mass is 380 g/mol. The maximum absolute atomic E-state index is 12.3. The highest BCUT2D eigenvalue weighted by Gasteiger charge is 2.27. The quantitative estimate of drug-likeness (QED) is 0.798. The van der Waals surface area contributed by atoms with E-state index < -0.39 is 0 Å². The van der Waals surface area contributed by atoms with E-state index in [1.165, 1.54) is 11.8 Å². The number of hydrogen-bond donors (Lipinski definition) is 1. The molecule has 1 aromatic heterocycles. The molecule has 1 aliphatic rings. The van der Waals surface area contributed by atoms with Gasteiger partial charge in [0.25, 0.3) is 5.22 Å². The van der Waals surface area contributed by atoms with Crippen molar-refractivity contribution in [1.82, 2.24) is 15.1 Å². The van der Waals surface area contributed by atoms with E-state index in [2.05, 4.69) is 10.2 Å². The van der Waals surface area contributed by atoms with Gasteiger partial charge in [-0.25, -0.2) is 0 Å². The van der Waals surface area contributed by atoms with Gasteiger partial charge in [0.15, 0.2) is 0 Å². The lowest BCUT2D eigenvalue weighted by Crippen LogP contribution is -2.44. The molecule has 2 heterocycles. The van der Waals surface area contributed by atoms with E-state index >= 15 is 0 Å². The van der Waals surface area contributed by atoms with Crippen molar-refractivity contribution in [3.05, 3.63) is 29.3 Å². The predicted octanol–water partition coefficient (Wildman–Crippen LogP) is 2.21. The van der Waals surface area contributed by atoms with Gasteiger partial charge < -0.3 is 15.1 Å². The van der Waals surface area contributed by atoms with Crippen LogP contribution in [-0.4, -0.2) is 45.8 Å². The summed E-state index contributed by atoms with van der Waals surface area (Å²) in [6.45, 7) is 1.03. The molecule has 132 valence electrons. The van der Waals surface area contributed by atoms with Gasteiger partial charge in [-0.1, -0.05) is 23.4 Å². The van der Waals surface area contributed by atoms with E-state index in [4.69, 9.17) is 21.8 Å². The zero-order valence-corrected chi connectivity index (χ0v) is 14.9. The third kappa shape index (κ3) is 4.52. The Hall–Kier alpha value is -2.06. The number of carbonyl (C=O) groups excluding carboxylic acids is 2. The Morgan fingerprint density at radius 3 is 2.80 bits per heavy atom. The summed E-state index contributed by atoms with van der Waals surface area (Å²) in [5.74, 6) is -0.133. The number of likely N-dealkylation sites (tertiary alicyclic amines) is 1. The SMILES string of the molecule is NC(=O)C1CCCN(C(=O)CSc2nnc(-c3ccc(Cl)cc3)o2)C1. The molecule has 25 heavy (non-hydrogen) atoms. The minimum absolute atomic E-state index is 0.0674. The maximum atomic E-state index is 12.3. The van der Waals surface area contributed by atoms with Gasteiger partial charge in [-0.3, -0.25) is 9.59 Å². The van der Waals surface area contributed by atoms with Crippen LogP contribution in [0.3, 0.4) is 0 Å². The smallest absolute Gasteiger partial charge is 0.277 e. The number of thioether (sulfide) groups is 1. The minimum atomic E-state index is -0.352. The van der Waals surface area contributed by atoms with Crippen LogP contribution >= 0.6 is 23.4 Å². The van der Waals surface area contributed by atoms with Gasteiger partial charge in [0.1, 0.15) is 0 Å². The fraction of sp³-hybridized carbons (Fsp3) is 0.375. The average molecular weight is 381 g/mol. The van der Waals surface area contributed by atoms with E-state index in [1.807, 2.05) is 0 Å². The number of primary amides is 1. The third-order valence-corrected chi connectivity index (χ3v) is 5.05. The van der Waals surface area contributed by atoms with E-state index in [1.54, 1.807) is 29.2 Å². The summed E-state index contributed by atoms with van der Waals surface area (Å²) in [6.07, 6.45) is 1.52. The molecule has 0 aliphatic carbocycles. The molecule has 2 aromatic rings. The fourth-order valence-electron chi connectivity index (χ4n) is 2.63. The van der Waals surface area contributed by atoms with E-state index in [0.717, 1.165) is 18.4 Å². The number of halogens is 1. The van der Waals surface area contributed by atoms with Crippen molar-refractivity contribution in [1.29, 1.82) is 0 Å². The third-order valence-electron chi connectivity index (χ3n) is 3.99. The molecule has 1 aliphatic heterocycles. The number of hydrogen-bond acceptors (Lipinski definition) is 6. The Morgan fingerprint density at radius 1 is 1.32 bits per heavy atom. The highest BCUT2D eigenvalue weighted by Crippen LogP contribution is 2.25. The predicted molar refractivity (Wildman–Crippen MR) is 94.0 cm³/mol. The van der Waals surface area contributed by atoms with Gasteiger partial charge in [-0.2, -0.15) is 0 Å². The van der Waals surface area contributed by atoms with Crippen LogP contribution in [0, 0.1) is 5.92 Å². The van der Waals surface area contributed by atoms with Crippen molar-refractivity contribution < 1.29 is 14.0 Å². The normalized spacial score (nSPS) is 17.5. The van der Waals surface area contributed by atoms with E-state index in [-0.39, 0.29) is 23.5 Å². The molecule has 0 bridgehead atoms. The van der Waals surface area contributed by atoms with Crippen molar-refractivity contribution in [3.8, 4) is 11.5 Å². The molecule has 1 unspecified atom stereocenters. The van der Waals surface area contributed by atoms with Crippen molar-refractivity contribution in [2.75, 3.05) is 18.8 Å². The first-order chi connectivity index (χ1) is 12.0. The molecule has 0 saturated carbocycles. The molecule has 2 N–H and O–H groups in total. The summed E-state index contributed by atoms with van der Waals surface area (Å²) in [5.41, 5.74) is 6.10. The first kappa shape index (κ1) is 17.8. The highest BCUT2D eigenvalue weighted by atomic mass is 35.5. The fourth-order valence-corrected chi connectivity index (χ4v) is 3.42. The molecule has 7 nitrogen and oxygen atoms in total. The molecule has 1 saturated heterocycles. The van der Waals surface area contributed by atoms with Crippen LogP contribution in [-0.2, 0) is 9.59 Å². The zero-order chi connectivity index (χ0) is 17.8. The van der Waals surface area contributed by atoms with Gasteiger partial charge in [-0.05, 0) is 37.1 Å². The highest BCUT2D eigenvalue weighted by molar-refractivity contribution is 7.99. The molecule has 1 aromatic carbocycles. The standard InChI is InChI=1S/C16H17ClN4O3S/c17-12-5-3-10(4-6-12)15-19-20-16(24-15)25-9-13(22)21-7-1-2-11(8-21)14(18)23/h3-6,11H,1-2,7-9H2,(H2,18,23). The number of aromatic nitrogens is 2. The maximum Gasteiger partial charge on any atom is 0.277 e. The Balaban J connectivity index is 1.56. The molecule has 0 radical (unpaired) electrons. The van der Waals surface area contributed by atoms with Crippen LogP contribution in [0.25, 0.3) is 11.5 Å². The largest absolute Gasteiger partial charge is 0.411 e. The molecule has 0 spiro atoms. The first-order valence-corrected chi connectivity index (χ1v) is 9.18. The second-order valence-electron chi connectivity index (χ2n) is 5.75. The Kier molecular flexibility index (Phi) is 5.60. The summed E-state index contributed by atoms with van der Waals surface area (Å²) in [7, 11) is 0. The van der Waals surface area contributed by atoms with Crippen LogP contribution in [0.2, 0.25) is 5.02 Å². The van der Waals surface area contributed by atoms with Gasteiger partial charge in [0.05, 0.1) is 11.7 Å². The van der Waals surface area contributed by atoms with Crippen LogP contribution in [0.15, 0.2) is 33.9 Å². The number of piperidine rings is 1. The lowest BCUT2D eigenvalue weighted by atomic mass is 9.97. The summed E-state index contributed by atoms with van der Waals surface area (Å²) in [4.78, 5) is 25.3. The number of rotatable bonds is 5. The van der Waals surface area contributed by atoms with Crippen LogP contribution in [0.5, 0.6) is 0 Å². The Morgan fingerprint density at radius 2 is 2.08 bits per heavy atom. The molecule has 3 rings (SSSR count). The average Bonchev–Trinajstić information content (AvgIpc) is 3.09. The zero-order valence-electron chi connectivity index (χ0n) is 13.4. The summed E-state index contributed by atoms with van der Waals surface area (Å²) < 4.78 is 5.56. The topological polar surface area (TPSA) is 102 Å². The van der Waals surface area contributed by atoms with Crippen LogP contribution < -0.4 is 5.73 Å². The van der Waals surface area contributed by atoms with E-state index in [0.29, 0.717) is 29.2 Å². The number of benzene rings is 1. The Bertz CT molecular complexity index is 765.